The van der Waals surface area contributed by atoms with Gasteiger partial charge < -0.3 is 9.64 Å². The molecule has 1 heterocycles. The van der Waals surface area contributed by atoms with Crippen LogP contribution in [0.5, 0.6) is 5.75 Å². The van der Waals surface area contributed by atoms with Crippen LogP contribution in [-0.2, 0) is 21.2 Å². The summed E-state index contributed by atoms with van der Waals surface area (Å²) in [4.78, 5) is 14.6. The van der Waals surface area contributed by atoms with Crippen molar-refractivity contribution in [3.8, 4) is 5.75 Å². The summed E-state index contributed by atoms with van der Waals surface area (Å²) in [6, 6.07) is 23.4. The van der Waals surface area contributed by atoms with E-state index >= 15 is 0 Å². The molecule has 6 nitrogen and oxygen atoms in total. The predicted octanol–water partition coefficient (Wildman–Crippen LogP) is 5.11. The summed E-state index contributed by atoms with van der Waals surface area (Å²) in [5.41, 5.74) is 1.81. The highest BCUT2D eigenvalue weighted by molar-refractivity contribution is 9.10. The largest absolute Gasteiger partial charge is 0.484 e. The van der Waals surface area contributed by atoms with Gasteiger partial charge in [-0.2, -0.15) is 0 Å². The molecule has 0 saturated carbocycles. The van der Waals surface area contributed by atoms with Crippen molar-refractivity contribution in [2.24, 2.45) is 5.92 Å². The quantitative estimate of drug-likeness (QED) is 0.429. The molecule has 0 unspecified atom stereocenters. The fraction of sp³-hybridized carbons (Fsp3) is 0.269. The fourth-order valence-corrected chi connectivity index (χ4v) is 5.34. The summed E-state index contributed by atoms with van der Waals surface area (Å²) in [7, 11) is -3.72. The van der Waals surface area contributed by atoms with Crippen LogP contribution < -0.4 is 9.46 Å². The first-order valence-electron chi connectivity index (χ1n) is 11.2. The summed E-state index contributed by atoms with van der Waals surface area (Å²) in [5.74, 6) is 0.995. The molecule has 1 saturated heterocycles. The number of likely N-dealkylation sites (tertiary alicyclic amines) is 1. The molecular weight excluding hydrogens is 516 g/mol. The zero-order valence-corrected chi connectivity index (χ0v) is 21.1. The van der Waals surface area contributed by atoms with E-state index in [1.165, 1.54) is 17.7 Å². The molecule has 0 aliphatic carbocycles. The number of anilines is 1. The molecule has 1 amide bonds. The lowest BCUT2D eigenvalue weighted by atomic mass is 9.90. The van der Waals surface area contributed by atoms with Crippen LogP contribution in [0.25, 0.3) is 0 Å². The van der Waals surface area contributed by atoms with Gasteiger partial charge in [-0.05, 0) is 79.3 Å². The second-order valence-corrected chi connectivity index (χ2v) is 11.0. The SMILES string of the molecule is O=C(COc1ccc(S(=O)(=O)Nc2ccc(Br)cc2)cc1)N1CCC(Cc2ccccc2)CC1. The van der Waals surface area contributed by atoms with E-state index in [1.54, 1.807) is 36.4 Å². The maximum Gasteiger partial charge on any atom is 0.261 e. The van der Waals surface area contributed by atoms with Crippen molar-refractivity contribution in [1.82, 2.24) is 4.90 Å². The van der Waals surface area contributed by atoms with Gasteiger partial charge in [0.25, 0.3) is 15.9 Å². The normalized spacial score (nSPS) is 14.6. The Kier molecular flexibility index (Phi) is 7.90. The lowest BCUT2D eigenvalue weighted by Gasteiger charge is -2.32. The molecule has 4 rings (SSSR count). The third-order valence-electron chi connectivity index (χ3n) is 5.93. The average Bonchev–Trinajstić information content (AvgIpc) is 2.85. The van der Waals surface area contributed by atoms with Crippen molar-refractivity contribution < 1.29 is 17.9 Å². The van der Waals surface area contributed by atoms with Crippen LogP contribution in [0.1, 0.15) is 18.4 Å². The molecule has 0 atom stereocenters. The Morgan fingerprint density at radius 3 is 2.24 bits per heavy atom. The van der Waals surface area contributed by atoms with Crippen molar-refractivity contribution in [2.45, 2.75) is 24.2 Å². The molecule has 0 radical (unpaired) electrons. The Hall–Kier alpha value is -2.84. The molecule has 34 heavy (non-hydrogen) atoms. The molecule has 0 aromatic heterocycles. The van der Waals surface area contributed by atoms with Gasteiger partial charge in [0.15, 0.2) is 6.61 Å². The zero-order valence-electron chi connectivity index (χ0n) is 18.7. The number of ether oxygens (including phenoxy) is 1. The lowest BCUT2D eigenvalue weighted by Crippen LogP contribution is -2.41. The molecule has 3 aromatic rings. The topological polar surface area (TPSA) is 75.7 Å². The van der Waals surface area contributed by atoms with E-state index in [0.717, 1.165) is 36.8 Å². The van der Waals surface area contributed by atoms with Crippen LogP contribution in [0, 0.1) is 5.92 Å². The molecule has 1 N–H and O–H groups in total. The van der Waals surface area contributed by atoms with E-state index in [1.807, 2.05) is 11.0 Å². The van der Waals surface area contributed by atoms with E-state index in [0.29, 0.717) is 17.4 Å². The van der Waals surface area contributed by atoms with Gasteiger partial charge in [-0.1, -0.05) is 46.3 Å². The van der Waals surface area contributed by atoms with Gasteiger partial charge in [-0.25, -0.2) is 8.42 Å². The van der Waals surface area contributed by atoms with Crippen LogP contribution in [0.3, 0.4) is 0 Å². The number of piperidine rings is 1. The standard InChI is InChI=1S/C26H27BrN2O4S/c27-22-6-8-23(9-7-22)28-34(31,32)25-12-10-24(11-13-25)33-19-26(30)29-16-14-21(15-17-29)18-20-4-2-1-3-5-20/h1-13,21,28H,14-19H2. The van der Waals surface area contributed by atoms with E-state index in [-0.39, 0.29) is 17.4 Å². The Labute approximate surface area is 209 Å². The van der Waals surface area contributed by atoms with E-state index in [4.69, 9.17) is 4.74 Å². The summed E-state index contributed by atoms with van der Waals surface area (Å²) >= 11 is 3.32. The minimum absolute atomic E-state index is 0.0493. The van der Waals surface area contributed by atoms with Crippen molar-refractivity contribution in [3.05, 3.63) is 88.9 Å². The van der Waals surface area contributed by atoms with Crippen molar-refractivity contribution in [3.63, 3.8) is 0 Å². The number of benzene rings is 3. The first kappa shape index (κ1) is 24.3. The summed E-state index contributed by atoms with van der Waals surface area (Å²) in [5, 5.41) is 0. The molecule has 1 fully saturated rings. The molecule has 1 aliphatic heterocycles. The van der Waals surface area contributed by atoms with Crippen LogP contribution >= 0.6 is 15.9 Å². The molecule has 0 spiro atoms. The van der Waals surface area contributed by atoms with Gasteiger partial charge >= 0.3 is 0 Å². The fourth-order valence-electron chi connectivity index (χ4n) is 4.02. The summed E-state index contributed by atoms with van der Waals surface area (Å²) in [6.07, 6.45) is 3.02. The van der Waals surface area contributed by atoms with Crippen molar-refractivity contribution in [1.29, 1.82) is 0 Å². The van der Waals surface area contributed by atoms with Crippen LogP contribution in [0.15, 0.2) is 88.2 Å². The number of carbonyl (C=O) groups excluding carboxylic acids is 1. The monoisotopic (exact) mass is 542 g/mol. The number of hydrogen-bond acceptors (Lipinski definition) is 4. The Morgan fingerprint density at radius 1 is 0.941 bits per heavy atom. The second-order valence-electron chi connectivity index (χ2n) is 8.39. The molecular formula is C26H27BrN2O4S. The zero-order chi connectivity index (χ0) is 24.0. The number of nitrogens with one attached hydrogen (secondary N) is 1. The first-order chi connectivity index (χ1) is 16.4. The minimum Gasteiger partial charge on any atom is -0.484 e. The van der Waals surface area contributed by atoms with Crippen LogP contribution in [0.2, 0.25) is 0 Å². The predicted molar refractivity (Wildman–Crippen MR) is 136 cm³/mol. The maximum atomic E-state index is 12.6. The average molecular weight is 543 g/mol. The lowest BCUT2D eigenvalue weighted by molar-refractivity contribution is -0.134. The summed E-state index contributed by atoms with van der Waals surface area (Å²) < 4.78 is 34.2. The van der Waals surface area contributed by atoms with Gasteiger partial charge in [0.05, 0.1) is 4.90 Å². The maximum absolute atomic E-state index is 12.6. The molecule has 1 aliphatic rings. The number of halogens is 1. The highest BCUT2D eigenvalue weighted by Gasteiger charge is 2.23. The Bertz CT molecular complexity index is 1190. The first-order valence-corrected chi connectivity index (χ1v) is 13.5. The number of hydrogen-bond donors (Lipinski definition) is 1. The van der Waals surface area contributed by atoms with Gasteiger partial charge in [0.2, 0.25) is 0 Å². The molecule has 0 bridgehead atoms. The third-order valence-corrected chi connectivity index (χ3v) is 7.85. The van der Waals surface area contributed by atoms with Gasteiger partial charge in [0.1, 0.15) is 5.75 Å². The Morgan fingerprint density at radius 2 is 1.59 bits per heavy atom. The van der Waals surface area contributed by atoms with E-state index in [2.05, 4.69) is 44.9 Å². The number of amides is 1. The number of sulfonamides is 1. The van der Waals surface area contributed by atoms with E-state index < -0.39 is 10.0 Å². The van der Waals surface area contributed by atoms with Crippen LogP contribution in [0.4, 0.5) is 5.69 Å². The second kappa shape index (κ2) is 11.1. The Balaban J connectivity index is 1.24. The van der Waals surface area contributed by atoms with E-state index in [9.17, 15) is 13.2 Å². The van der Waals surface area contributed by atoms with Crippen molar-refractivity contribution >= 4 is 37.5 Å². The number of nitrogens with zero attached hydrogens (tertiary/aromatic N) is 1. The van der Waals surface area contributed by atoms with Crippen molar-refractivity contribution in [2.75, 3.05) is 24.4 Å². The smallest absolute Gasteiger partial charge is 0.261 e. The highest BCUT2D eigenvalue weighted by Crippen LogP contribution is 2.23. The molecule has 8 heteroatoms. The van der Waals surface area contributed by atoms with Gasteiger partial charge in [0, 0.05) is 23.2 Å². The minimum atomic E-state index is -3.72. The number of rotatable bonds is 8. The third kappa shape index (κ3) is 6.61. The number of carbonyl (C=O) groups is 1. The summed E-state index contributed by atoms with van der Waals surface area (Å²) in [6.45, 7) is 1.41. The highest BCUT2D eigenvalue weighted by atomic mass is 79.9. The van der Waals surface area contributed by atoms with Gasteiger partial charge in [-0.15, -0.1) is 0 Å². The molecule has 3 aromatic carbocycles. The van der Waals surface area contributed by atoms with Gasteiger partial charge in [-0.3, -0.25) is 9.52 Å². The molecule has 178 valence electrons. The van der Waals surface area contributed by atoms with Crippen LogP contribution in [-0.4, -0.2) is 38.9 Å².